The predicted octanol–water partition coefficient (Wildman–Crippen LogP) is 1.68. The number of nitrogens with one attached hydrogen (secondary N) is 1. The Labute approximate surface area is 111 Å². The van der Waals surface area contributed by atoms with Crippen LogP contribution in [0.25, 0.3) is 0 Å². The maximum atomic E-state index is 11.9. The van der Waals surface area contributed by atoms with E-state index in [9.17, 15) is 4.79 Å². The molecule has 1 aromatic carbocycles. The van der Waals surface area contributed by atoms with Crippen molar-refractivity contribution < 1.29 is 9.90 Å². The highest BCUT2D eigenvalue weighted by Crippen LogP contribution is 2.11. The minimum absolute atomic E-state index is 0.188. The number of hydrogen-bond donors (Lipinski definition) is 2. The van der Waals surface area contributed by atoms with Crippen LogP contribution >= 0.6 is 0 Å². The van der Waals surface area contributed by atoms with E-state index in [4.69, 9.17) is 5.11 Å². The molecule has 0 saturated carbocycles. The Hall–Kier alpha value is -2.64. The molecule has 0 aliphatic carbocycles. The van der Waals surface area contributed by atoms with Crippen molar-refractivity contribution >= 4 is 11.6 Å². The number of anilines is 1. The molecular weight excluding hydrogens is 240 g/mol. The summed E-state index contributed by atoms with van der Waals surface area (Å²) in [4.78, 5) is 15.8. The zero-order valence-electron chi connectivity index (χ0n) is 10.1. The number of amides is 1. The molecule has 0 radical (unpaired) electrons. The Morgan fingerprint density at radius 3 is 2.95 bits per heavy atom. The minimum atomic E-state index is -0.222. The lowest BCUT2D eigenvalue weighted by atomic mass is 10.2. The van der Waals surface area contributed by atoms with Gasteiger partial charge in [0, 0.05) is 23.6 Å². The summed E-state index contributed by atoms with van der Waals surface area (Å²) in [5.41, 5.74) is 1.88. The minimum Gasteiger partial charge on any atom is -0.384 e. The van der Waals surface area contributed by atoms with Crippen LogP contribution in [0.3, 0.4) is 0 Å². The highest BCUT2D eigenvalue weighted by atomic mass is 16.2. The first kappa shape index (κ1) is 12.8. The van der Waals surface area contributed by atoms with Crippen LogP contribution in [0.2, 0.25) is 0 Å². The number of rotatable bonds is 2. The first-order chi connectivity index (χ1) is 9.29. The number of hydrogen-bond acceptors (Lipinski definition) is 3. The van der Waals surface area contributed by atoms with Gasteiger partial charge >= 0.3 is 0 Å². The van der Waals surface area contributed by atoms with Gasteiger partial charge in [0.2, 0.25) is 0 Å². The van der Waals surface area contributed by atoms with E-state index in [0.29, 0.717) is 11.3 Å². The monoisotopic (exact) mass is 252 g/mol. The zero-order valence-corrected chi connectivity index (χ0v) is 10.1. The second-order valence-corrected chi connectivity index (χ2v) is 3.74. The fourth-order valence-corrected chi connectivity index (χ4v) is 1.52. The third-order valence-electron chi connectivity index (χ3n) is 2.36. The van der Waals surface area contributed by atoms with Gasteiger partial charge in [0.15, 0.2) is 0 Å². The molecule has 0 unspecified atom stereocenters. The first-order valence-corrected chi connectivity index (χ1v) is 5.71. The van der Waals surface area contributed by atoms with E-state index in [2.05, 4.69) is 22.1 Å². The van der Waals surface area contributed by atoms with Crippen molar-refractivity contribution in [3.8, 4) is 11.8 Å². The van der Waals surface area contributed by atoms with Gasteiger partial charge in [-0.2, -0.15) is 0 Å². The quantitative estimate of drug-likeness (QED) is 0.799. The molecule has 4 heteroatoms. The van der Waals surface area contributed by atoms with Crippen molar-refractivity contribution in [2.75, 3.05) is 11.9 Å². The topological polar surface area (TPSA) is 62.2 Å². The molecule has 0 aliphatic heterocycles. The van der Waals surface area contributed by atoms with E-state index >= 15 is 0 Å². The normalized spacial score (nSPS) is 9.32. The maximum Gasteiger partial charge on any atom is 0.257 e. The van der Waals surface area contributed by atoms with E-state index in [1.54, 1.807) is 36.5 Å². The molecular formula is C15H12N2O2. The Bertz CT molecular complexity index is 627. The van der Waals surface area contributed by atoms with Gasteiger partial charge in [-0.1, -0.05) is 17.9 Å². The van der Waals surface area contributed by atoms with Crippen molar-refractivity contribution in [3.05, 3.63) is 59.9 Å². The van der Waals surface area contributed by atoms with Crippen LogP contribution in [-0.4, -0.2) is 22.6 Å². The molecule has 0 saturated heterocycles. The average Bonchev–Trinajstić information content (AvgIpc) is 2.46. The SMILES string of the molecule is O=C(Nc1cccc(C#CCO)c1)c1cccnc1. The van der Waals surface area contributed by atoms with Gasteiger partial charge < -0.3 is 10.4 Å². The zero-order chi connectivity index (χ0) is 13.5. The summed E-state index contributed by atoms with van der Waals surface area (Å²) in [5, 5.41) is 11.4. The molecule has 0 atom stereocenters. The molecule has 2 N–H and O–H groups in total. The number of carbonyl (C=O) groups is 1. The number of benzene rings is 1. The predicted molar refractivity (Wildman–Crippen MR) is 72.6 cm³/mol. The number of nitrogens with zero attached hydrogens (tertiary/aromatic N) is 1. The van der Waals surface area contributed by atoms with Crippen LogP contribution in [0, 0.1) is 11.8 Å². The smallest absolute Gasteiger partial charge is 0.257 e. The van der Waals surface area contributed by atoms with Gasteiger partial charge in [0.1, 0.15) is 6.61 Å². The summed E-state index contributed by atoms with van der Waals surface area (Å²) < 4.78 is 0. The average molecular weight is 252 g/mol. The fourth-order valence-electron chi connectivity index (χ4n) is 1.52. The van der Waals surface area contributed by atoms with Crippen molar-refractivity contribution in [2.24, 2.45) is 0 Å². The van der Waals surface area contributed by atoms with Crippen molar-refractivity contribution in [2.45, 2.75) is 0 Å². The summed E-state index contributed by atoms with van der Waals surface area (Å²) in [7, 11) is 0. The fraction of sp³-hybridized carbons (Fsp3) is 0.0667. The van der Waals surface area contributed by atoms with Crippen LogP contribution < -0.4 is 5.32 Å². The lowest BCUT2D eigenvalue weighted by Crippen LogP contribution is -2.11. The summed E-state index contributed by atoms with van der Waals surface area (Å²) >= 11 is 0. The van der Waals surface area contributed by atoms with Crippen molar-refractivity contribution in [1.82, 2.24) is 4.98 Å². The summed E-state index contributed by atoms with van der Waals surface area (Å²) in [6.07, 6.45) is 3.12. The van der Waals surface area contributed by atoms with E-state index < -0.39 is 0 Å². The molecule has 2 rings (SSSR count). The van der Waals surface area contributed by atoms with E-state index in [1.165, 1.54) is 6.20 Å². The molecule has 4 nitrogen and oxygen atoms in total. The number of aliphatic hydroxyl groups is 1. The Balaban J connectivity index is 2.13. The number of aromatic nitrogens is 1. The molecule has 1 amide bonds. The van der Waals surface area contributed by atoms with Gasteiger partial charge in [-0.05, 0) is 30.3 Å². The molecule has 1 heterocycles. The highest BCUT2D eigenvalue weighted by molar-refractivity contribution is 6.04. The van der Waals surface area contributed by atoms with Gasteiger partial charge in [0.25, 0.3) is 5.91 Å². The van der Waals surface area contributed by atoms with Crippen molar-refractivity contribution in [3.63, 3.8) is 0 Å². The van der Waals surface area contributed by atoms with Gasteiger partial charge in [-0.3, -0.25) is 9.78 Å². The molecule has 1 aromatic heterocycles. The van der Waals surface area contributed by atoms with Gasteiger partial charge in [0.05, 0.1) is 5.56 Å². The number of carbonyl (C=O) groups excluding carboxylic acids is 1. The summed E-state index contributed by atoms with van der Waals surface area (Å²) in [6, 6.07) is 10.5. The summed E-state index contributed by atoms with van der Waals surface area (Å²) in [6.45, 7) is -0.188. The Morgan fingerprint density at radius 2 is 2.21 bits per heavy atom. The Kier molecular flexibility index (Phi) is 4.27. The number of pyridine rings is 1. The third-order valence-corrected chi connectivity index (χ3v) is 2.36. The van der Waals surface area contributed by atoms with E-state index in [-0.39, 0.29) is 12.5 Å². The standard InChI is InChI=1S/C15H12N2O2/c18-9-3-5-12-4-1-7-14(10-12)17-15(19)13-6-2-8-16-11-13/h1-2,4,6-8,10-11,18H,9H2,(H,17,19). The molecule has 19 heavy (non-hydrogen) atoms. The van der Waals surface area contributed by atoms with Crippen LogP contribution in [0.15, 0.2) is 48.8 Å². The second-order valence-electron chi connectivity index (χ2n) is 3.74. The molecule has 0 spiro atoms. The van der Waals surface area contributed by atoms with E-state index in [1.807, 2.05) is 6.07 Å². The molecule has 2 aromatic rings. The lowest BCUT2D eigenvalue weighted by Gasteiger charge is -2.05. The first-order valence-electron chi connectivity index (χ1n) is 5.71. The lowest BCUT2D eigenvalue weighted by molar-refractivity contribution is 0.102. The van der Waals surface area contributed by atoms with Crippen molar-refractivity contribution in [1.29, 1.82) is 0 Å². The molecule has 0 fully saturated rings. The van der Waals surface area contributed by atoms with E-state index in [0.717, 1.165) is 5.56 Å². The van der Waals surface area contributed by atoms with Gasteiger partial charge in [-0.15, -0.1) is 0 Å². The summed E-state index contributed by atoms with van der Waals surface area (Å²) in [5.74, 6) is 5.12. The Morgan fingerprint density at radius 1 is 1.32 bits per heavy atom. The van der Waals surface area contributed by atoms with Crippen LogP contribution in [0.4, 0.5) is 5.69 Å². The molecule has 94 valence electrons. The number of aliphatic hydroxyl groups excluding tert-OH is 1. The second kappa shape index (κ2) is 6.34. The van der Waals surface area contributed by atoms with Crippen LogP contribution in [0.5, 0.6) is 0 Å². The molecule has 0 bridgehead atoms. The van der Waals surface area contributed by atoms with Gasteiger partial charge in [-0.25, -0.2) is 0 Å². The highest BCUT2D eigenvalue weighted by Gasteiger charge is 2.05. The molecule has 0 aliphatic rings. The van der Waals surface area contributed by atoms with Crippen LogP contribution in [-0.2, 0) is 0 Å². The largest absolute Gasteiger partial charge is 0.384 e. The maximum absolute atomic E-state index is 11.9. The van der Waals surface area contributed by atoms with Crippen LogP contribution in [0.1, 0.15) is 15.9 Å². The third kappa shape index (κ3) is 3.66.